The number of aliphatic carboxylic acids is 1. The van der Waals surface area contributed by atoms with Crippen molar-refractivity contribution in [3.8, 4) is 17.2 Å². The van der Waals surface area contributed by atoms with Crippen LogP contribution in [-0.2, 0) is 4.79 Å². The van der Waals surface area contributed by atoms with Crippen LogP contribution in [0.5, 0.6) is 17.2 Å². The second-order valence-corrected chi connectivity index (χ2v) is 4.24. The van der Waals surface area contributed by atoms with Crippen LogP contribution in [0.15, 0.2) is 54.6 Å². The minimum atomic E-state index is -0.970. The Balaban J connectivity index is 2.10. The van der Waals surface area contributed by atoms with Crippen LogP contribution in [0.25, 0.3) is 0 Å². The molecular formula is C16H16O4. The summed E-state index contributed by atoms with van der Waals surface area (Å²) in [7, 11) is 0. The Hall–Kier alpha value is -2.49. The molecule has 2 aromatic rings. The first kappa shape index (κ1) is 13.9. The fourth-order valence-corrected chi connectivity index (χ4v) is 1.71. The molecule has 0 heterocycles. The summed E-state index contributed by atoms with van der Waals surface area (Å²) in [5, 5.41) is 8.98. The van der Waals surface area contributed by atoms with Crippen LogP contribution >= 0.6 is 0 Å². The molecule has 2 rings (SSSR count). The lowest BCUT2D eigenvalue weighted by Gasteiger charge is -2.14. The molecule has 0 aromatic heterocycles. The Labute approximate surface area is 117 Å². The van der Waals surface area contributed by atoms with Gasteiger partial charge in [-0.15, -0.1) is 0 Å². The summed E-state index contributed by atoms with van der Waals surface area (Å²) < 4.78 is 11.1. The van der Waals surface area contributed by atoms with E-state index in [2.05, 4.69) is 0 Å². The fraction of sp³-hybridized carbons (Fsp3) is 0.188. The molecule has 2 aromatic carbocycles. The SMILES string of the molecule is CC[C@@H](Oc1cccc(Oc2ccccc2)c1)C(=O)O. The number of ether oxygens (including phenoxy) is 2. The summed E-state index contributed by atoms with van der Waals surface area (Å²) in [5.41, 5.74) is 0. The zero-order valence-corrected chi connectivity index (χ0v) is 11.2. The van der Waals surface area contributed by atoms with Crippen LogP contribution < -0.4 is 9.47 Å². The van der Waals surface area contributed by atoms with Crippen molar-refractivity contribution >= 4 is 5.97 Å². The number of carbonyl (C=O) groups is 1. The van der Waals surface area contributed by atoms with Gasteiger partial charge in [-0.05, 0) is 30.7 Å². The highest BCUT2D eigenvalue weighted by Gasteiger charge is 2.16. The normalized spacial score (nSPS) is 11.7. The molecule has 0 aliphatic carbocycles. The molecule has 20 heavy (non-hydrogen) atoms. The zero-order chi connectivity index (χ0) is 14.4. The molecule has 104 valence electrons. The van der Waals surface area contributed by atoms with E-state index in [0.717, 1.165) is 5.75 Å². The lowest BCUT2D eigenvalue weighted by Crippen LogP contribution is -2.25. The van der Waals surface area contributed by atoms with Crippen molar-refractivity contribution in [1.82, 2.24) is 0 Å². The highest BCUT2D eigenvalue weighted by Crippen LogP contribution is 2.25. The number of rotatable bonds is 6. The molecule has 0 aliphatic heterocycles. The van der Waals surface area contributed by atoms with Crippen molar-refractivity contribution in [3.05, 3.63) is 54.6 Å². The van der Waals surface area contributed by atoms with Crippen LogP contribution in [0.3, 0.4) is 0 Å². The summed E-state index contributed by atoms with van der Waals surface area (Å²) >= 11 is 0. The predicted octanol–water partition coefficient (Wildman–Crippen LogP) is 3.72. The van der Waals surface area contributed by atoms with E-state index in [0.29, 0.717) is 17.9 Å². The Kier molecular flexibility index (Phi) is 4.60. The van der Waals surface area contributed by atoms with Gasteiger partial charge in [-0.3, -0.25) is 0 Å². The molecule has 0 spiro atoms. The van der Waals surface area contributed by atoms with Crippen LogP contribution in [0.2, 0.25) is 0 Å². The minimum Gasteiger partial charge on any atom is -0.479 e. The van der Waals surface area contributed by atoms with Gasteiger partial charge in [-0.2, -0.15) is 0 Å². The van der Waals surface area contributed by atoms with Crippen molar-refractivity contribution in [3.63, 3.8) is 0 Å². The first-order chi connectivity index (χ1) is 9.69. The van der Waals surface area contributed by atoms with Crippen LogP contribution in [0, 0.1) is 0 Å². The van der Waals surface area contributed by atoms with E-state index < -0.39 is 12.1 Å². The maximum atomic E-state index is 11.0. The average molecular weight is 272 g/mol. The standard InChI is InChI=1S/C16H16O4/c1-2-15(16(17)18)20-14-10-6-9-13(11-14)19-12-7-4-3-5-8-12/h3-11,15H,2H2,1H3,(H,17,18)/t15-/m1/s1. The Morgan fingerprint density at radius 3 is 2.35 bits per heavy atom. The van der Waals surface area contributed by atoms with Gasteiger partial charge in [0.1, 0.15) is 17.2 Å². The fourth-order valence-electron chi connectivity index (χ4n) is 1.71. The number of carboxylic acid groups (broad SMARTS) is 1. The number of para-hydroxylation sites is 1. The summed E-state index contributed by atoms with van der Waals surface area (Å²) in [5.74, 6) is 0.832. The summed E-state index contributed by atoms with van der Waals surface area (Å²) in [6.07, 6.45) is -0.444. The third kappa shape index (κ3) is 3.75. The molecule has 0 amide bonds. The van der Waals surface area contributed by atoms with Crippen LogP contribution in [0.4, 0.5) is 0 Å². The van der Waals surface area contributed by atoms with Gasteiger partial charge in [0.25, 0.3) is 0 Å². The van der Waals surface area contributed by atoms with Crippen molar-refractivity contribution in [2.45, 2.75) is 19.4 Å². The third-order valence-corrected chi connectivity index (χ3v) is 2.71. The lowest BCUT2D eigenvalue weighted by atomic mass is 10.2. The van der Waals surface area contributed by atoms with Crippen molar-refractivity contribution < 1.29 is 19.4 Å². The highest BCUT2D eigenvalue weighted by atomic mass is 16.5. The molecule has 0 unspecified atom stereocenters. The number of benzene rings is 2. The summed E-state index contributed by atoms with van der Waals surface area (Å²) in [6, 6.07) is 16.3. The number of hydrogen-bond acceptors (Lipinski definition) is 3. The van der Waals surface area contributed by atoms with Gasteiger partial charge >= 0.3 is 5.97 Å². The second kappa shape index (κ2) is 6.61. The Morgan fingerprint density at radius 2 is 1.70 bits per heavy atom. The monoisotopic (exact) mass is 272 g/mol. The Morgan fingerprint density at radius 1 is 1.05 bits per heavy atom. The molecule has 0 aliphatic rings. The van der Waals surface area contributed by atoms with Gasteiger partial charge in [0.15, 0.2) is 6.10 Å². The maximum absolute atomic E-state index is 11.0. The molecule has 0 saturated heterocycles. The van der Waals surface area contributed by atoms with E-state index >= 15 is 0 Å². The average Bonchev–Trinajstić information content (AvgIpc) is 2.46. The zero-order valence-electron chi connectivity index (χ0n) is 11.2. The van der Waals surface area contributed by atoms with Crippen molar-refractivity contribution in [1.29, 1.82) is 0 Å². The van der Waals surface area contributed by atoms with E-state index in [1.807, 2.05) is 30.3 Å². The van der Waals surface area contributed by atoms with Crippen LogP contribution in [-0.4, -0.2) is 17.2 Å². The predicted molar refractivity (Wildman–Crippen MR) is 75.3 cm³/mol. The van der Waals surface area contributed by atoms with E-state index in [9.17, 15) is 4.79 Å². The summed E-state index contributed by atoms with van der Waals surface area (Å²) in [4.78, 5) is 11.0. The maximum Gasteiger partial charge on any atom is 0.344 e. The molecule has 1 atom stereocenters. The summed E-state index contributed by atoms with van der Waals surface area (Å²) in [6.45, 7) is 1.77. The van der Waals surface area contributed by atoms with Gasteiger partial charge in [0, 0.05) is 6.07 Å². The molecule has 0 radical (unpaired) electrons. The molecule has 1 N–H and O–H groups in total. The highest BCUT2D eigenvalue weighted by molar-refractivity contribution is 5.72. The molecule has 0 bridgehead atoms. The van der Waals surface area contributed by atoms with Gasteiger partial charge < -0.3 is 14.6 Å². The first-order valence-electron chi connectivity index (χ1n) is 6.41. The second-order valence-electron chi connectivity index (χ2n) is 4.24. The largest absolute Gasteiger partial charge is 0.479 e. The Bertz CT molecular complexity index is 566. The van der Waals surface area contributed by atoms with Gasteiger partial charge in [-0.1, -0.05) is 31.2 Å². The third-order valence-electron chi connectivity index (χ3n) is 2.71. The van der Waals surface area contributed by atoms with Gasteiger partial charge in [0.05, 0.1) is 0 Å². The van der Waals surface area contributed by atoms with Crippen LogP contribution in [0.1, 0.15) is 13.3 Å². The molecule has 4 heteroatoms. The van der Waals surface area contributed by atoms with E-state index in [-0.39, 0.29) is 0 Å². The van der Waals surface area contributed by atoms with E-state index in [1.165, 1.54) is 0 Å². The van der Waals surface area contributed by atoms with E-state index in [4.69, 9.17) is 14.6 Å². The minimum absolute atomic E-state index is 0.402. The molecule has 0 saturated carbocycles. The van der Waals surface area contributed by atoms with Crippen molar-refractivity contribution in [2.24, 2.45) is 0 Å². The first-order valence-corrected chi connectivity index (χ1v) is 6.41. The molecular weight excluding hydrogens is 256 g/mol. The number of hydrogen-bond donors (Lipinski definition) is 1. The van der Waals surface area contributed by atoms with Gasteiger partial charge in [0.2, 0.25) is 0 Å². The topological polar surface area (TPSA) is 55.8 Å². The van der Waals surface area contributed by atoms with Gasteiger partial charge in [-0.25, -0.2) is 4.79 Å². The smallest absolute Gasteiger partial charge is 0.344 e. The lowest BCUT2D eigenvalue weighted by molar-refractivity contribution is -0.145. The van der Waals surface area contributed by atoms with Crippen molar-refractivity contribution in [2.75, 3.05) is 0 Å². The number of carboxylic acids is 1. The molecule has 4 nitrogen and oxygen atoms in total. The van der Waals surface area contributed by atoms with E-state index in [1.54, 1.807) is 31.2 Å². The quantitative estimate of drug-likeness (QED) is 0.870. The molecule has 0 fully saturated rings.